The molecule has 0 fully saturated rings. The van der Waals surface area contributed by atoms with Crippen LogP contribution in [-0.2, 0) is 4.74 Å². The van der Waals surface area contributed by atoms with E-state index in [4.69, 9.17) is 11.2 Å². The summed E-state index contributed by atoms with van der Waals surface area (Å²) >= 11 is 0. The third-order valence-corrected chi connectivity index (χ3v) is 1.75. The molecular weight excluding hydrogens is 244 g/mol. The average molecular weight is 268 g/mol. The lowest BCUT2D eigenvalue weighted by Crippen LogP contribution is -2.38. The van der Waals surface area contributed by atoms with Crippen LogP contribution in [0.15, 0.2) is 4.99 Å². The van der Waals surface area contributed by atoms with Gasteiger partial charge in [0.15, 0.2) is 5.96 Å². The second-order valence-electron chi connectivity index (χ2n) is 4.75. The second kappa shape index (κ2) is 9.09. The number of terminal acetylenes is 1. The molecule has 0 spiro atoms. The molecule has 0 bridgehead atoms. The van der Waals surface area contributed by atoms with Crippen LogP contribution in [0.2, 0.25) is 0 Å². The van der Waals surface area contributed by atoms with Crippen LogP contribution in [0.1, 0.15) is 27.7 Å². The molecule has 0 aromatic carbocycles. The van der Waals surface area contributed by atoms with Gasteiger partial charge in [0.05, 0.1) is 13.1 Å². The molecule has 0 saturated carbocycles. The maximum Gasteiger partial charge on any atom is 0.407 e. The van der Waals surface area contributed by atoms with Gasteiger partial charge < -0.3 is 20.7 Å². The molecule has 6 heteroatoms. The van der Waals surface area contributed by atoms with Crippen molar-refractivity contribution in [2.24, 2.45) is 4.99 Å². The van der Waals surface area contributed by atoms with Crippen LogP contribution in [0.25, 0.3) is 0 Å². The summed E-state index contributed by atoms with van der Waals surface area (Å²) in [6.45, 7) is 9.42. The molecule has 0 aliphatic carbocycles. The lowest BCUT2D eigenvalue weighted by atomic mass is 10.2. The van der Waals surface area contributed by atoms with Crippen molar-refractivity contribution in [2.75, 3.05) is 26.2 Å². The highest BCUT2D eigenvalue weighted by Crippen LogP contribution is 2.05. The number of rotatable bonds is 5. The van der Waals surface area contributed by atoms with E-state index in [-0.39, 0.29) is 0 Å². The number of hydrogen-bond acceptors (Lipinski definition) is 3. The van der Waals surface area contributed by atoms with Gasteiger partial charge in [-0.2, -0.15) is 0 Å². The van der Waals surface area contributed by atoms with Gasteiger partial charge in [0.25, 0.3) is 0 Å². The number of amides is 1. The highest BCUT2D eigenvalue weighted by Gasteiger charge is 2.15. The van der Waals surface area contributed by atoms with Crippen LogP contribution in [0.3, 0.4) is 0 Å². The Labute approximate surface area is 115 Å². The van der Waals surface area contributed by atoms with Gasteiger partial charge in [-0.05, 0) is 27.7 Å². The van der Waals surface area contributed by atoms with E-state index >= 15 is 0 Å². The number of carbonyl (C=O) groups excluding carboxylic acids is 1. The van der Waals surface area contributed by atoms with Crippen LogP contribution < -0.4 is 16.0 Å². The minimum Gasteiger partial charge on any atom is -0.444 e. The van der Waals surface area contributed by atoms with E-state index in [0.717, 1.165) is 6.54 Å². The predicted octanol–water partition coefficient (Wildman–Crippen LogP) is 0.699. The fourth-order valence-electron chi connectivity index (χ4n) is 1.12. The summed E-state index contributed by atoms with van der Waals surface area (Å²) in [5.74, 6) is 3.10. The number of aliphatic imine (C=N–C) groups is 1. The minimum atomic E-state index is -0.489. The Morgan fingerprint density at radius 1 is 1.32 bits per heavy atom. The quantitative estimate of drug-likeness (QED) is 0.297. The van der Waals surface area contributed by atoms with E-state index in [9.17, 15) is 4.79 Å². The molecule has 1 amide bonds. The summed E-state index contributed by atoms with van der Waals surface area (Å²) < 4.78 is 5.10. The molecular formula is C13H24N4O2. The molecule has 0 aromatic heterocycles. The van der Waals surface area contributed by atoms with Crippen LogP contribution >= 0.6 is 0 Å². The molecule has 0 saturated heterocycles. The Kier molecular flexibility index (Phi) is 8.18. The van der Waals surface area contributed by atoms with Crippen molar-refractivity contribution in [1.29, 1.82) is 0 Å². The second-order valence-corrected chi connectivity index (χ2v) is 4.75. The number of nitrogens with zero attached hydrogens (tertiary/aromatic N) is 1. The van der Waals surface area contributed by atoms with E-state index in [1.807, 2.05) is 27.7 Å². The molecule has 0 heterocycles. The molecule has 0 aliphatic rings. The summed E-state index contributed by atoms with van der Waals surface area (Å²) in [6, 6.07) is 0. The zero-order chi connectivity index (χ0) is 14.7. The van der Waals surface area contributed by atoms with E-state index in [0.29, 0.717) is 25.6 Å². The topological polar surface area (TPSA) is 74.8 Å². The number of guanidine groups is 1. The zero-order valence-corrected chi connectivity index (χ0v) is 12.2. The molecule has 0 aliphatic heterocycles. The van der Waals surface area contributed by atoms with Crippen molar-refractivity contribution in [3.63, 3.8) is 0 Å². The normalized spacial score (nSPS) is 11.4. The summed E-state index contributed by atoms with van der Waals surface area (Å²) in [7, 11) is 0. The summed E-state index contributed by atoms with van der Waals surface area (Å²) in [5.41, 5.74) is -0.489. The van der Waals surface area contributed by atoms with Gasteiger partial charge in [-0.1, -0.05) is 5.92 Å². The first kappa shape index (κ1) is 17.1. The minimum absolute atomic E-state index is 0.404. The van der Waals surface area contributed by atoms with Crippen LogP contribution in [0.5, 0.6) is 0 Å². The van der Waals surface area contributed by atoms with Crippen LogP contribution in [0, 0.1) is 12.3 Å². The number of carbonyl (C=O) groups is 1. The zero-order valence-electron chi connectivity index (χ0n) is 12.2. The van der Waals surface area contributed by atoms with Gasteiger partial charge in [-0.3, -0.25) is 4.99 Å². The Morgan fingerprint density at radius 2 is 2.00 bits per heavy atom. The van der Waals surface area contributed by atoms with Crippen LogP contribution in [-0.4, -0.2) is 43.8 Å². The van der Waals surface area contributed by atoms with Gasteiger partial charge in [0.2, 0.25) is 0 Å². The summed E-state index contributed by atoms with van der Waals surface area (Å²) in [5, 5.41) is 8.63. The lowest BCUT2D eigenvalue weighted by molar-refractivity contribution is 0.0529. The molecule has 0 unspecified atom stereocenters. The summed E-state index contributed by atoms with van der Waals surface area (Å²) in [4.78, 5) is 15.6. The molecule has 19 heavy (non-hydrogen) atoms. The third kappa shape index (κ3) is 10.9. The molecule has 0 aromatic rings. The highest BCUT2D eigenvalue weighted by molar-refractivity contribution is 5.80. The van der Waals surface area contributed by atoms with Gasteiger partial charge in [-0.25, -0.2) is 4.79 Å². The fraction of sp³-hybridized carbons (Fsp3) is 0.692. The fourth-order valence-corrected chi connectivity index (χ4v) is 1.12. The van der Waals surface area contributed by atoms with Crippen molar-refractivity contribution in [1.82, 2.24) is 16.0 Å². The number of nitrogens with one attached hydrogen (secondary N) is 3. The Hall–Kier alpha value is -1.90. The molecule has 3 N–H and O–H groups in total. The Bertz CT molecular complexity index is 340. The smallest absolute Gasteiger partial charge is 0.407 e. The summed E-state index contributed by atoms with van der Waals surface area (Å²) in [6.07, 6.45) is 4.72. The monoisotopic (exact) mass is 268 g/mol. The SMILES string of the molecule is C#CCNC(=NCCNC(=O)OC(C)(C)C)NCC. The standard InChI is InChI=1S/C13H24N4O2/c1-6-8-15-11(14-7-2)16-9-10-17-12(18)19-13(3,4)5/h1H,7-10H2,2-5H3,(H,17,18)(H2,14,15,16). The highest BCUT2D eigenvalue weighted by atomic mass is 16.6. The first-order valence-electron chi connectivity index (χ1n) is 6.31. The first-order valence-corrected chi connectivity index (χ1v) is 6.31. The van der Waals surface area contributed by atoms with Gasteiger partial charge in [0.1, 0.15) is 5.60 Å². The maximum absolute atomic E-state index is 11.4. The molecule has 6 nitrogen and oxygen atoms in total. The van der Waals surface area contributed by atoms with Gasteiger partial charge in [-0.15, -0.1) is 6.42 Å². The Morgan fingerprint density at radius 3 is 2.53 bits per heavy atom. The van der Waals surface area contributed by atoms with E-state index < -0.39 is 11.7 Å². The molecule has 0 atom stereocenters. The molecule has 108 valence electrons. The third-order valence-electron chi connectivity index (χ3n) is 1.75. The van der Waals surface area contributed by atoms with Crippen molar-refractivity contribution in [2.45, 2.75) is 33.3 Å². The Balaban J connectivity index is 3.97. The van der Waals surface area contributed by atoms with Crippen LogP contribution in [0.4, 0.5) is 4.79 Å². The van der Waals surface area contributed by atoms with E-state index in [1.165, 1.54) is 0 Å². The number of alkyl carbamates (subject to hydrolysis) is 1. The van der Waals surface area contributed by atoms with Crippen molar-refractivity contribution >= 4 is 12.1 Å². The van der Waals surface area contributed by atoms with Gasteiger partial charge >= 0.3 is 6.09 Å². The molecule has 0 radical (unpaired) electrons. The number of ether oxygens (including phenoxy) is 1. The van der Waals surface area contributed by atoms with E-state index in [1.54, 1.807) is 0 Å². The van der Waals surface area contributed by atoms with Crippen molar-refractivity contribution < 1.29 is 9.53 Å². The van der Waals surface area contributed by atoms with E-state index in [2.05, 4.69) is 26.9 Å². The lowest BCUT2D eigenvalue weighted by Gasteiger charge is -2.19. The average Bonchev–Trinajstić information content (AvgIpc) is 2.29. The molecule has 0 rings (SSSR count). The van der Waals surface area contributed by atoms with Crippen molar-refractivity contribution in [3.05, 3.63) is 0 Å². The van der Waals surface area contributed by atoms with Gasteiger partial charge in [0, 0.05) is 13.1 Å². The maximum atomic E-state index is 11.4. The largest absolute Gasteiger partial charge is 0.444 e. The number of hydrogen-bond donors (Lipinski definition) is 3. The predicted molar refractivity (Wildman–Crippen MR) is 77.1 cm³/mol. The van der Waals surface area contributed by atoms with Crippen molar-refractivity contribution in [3.8, 4) is 12.3 Å². The first-order chi connectivity index (χ1) is 8.89.